The summed E-state index contributed by atoms with van der Waals surface area (Å²) in [4.78, 5) is 24.4. The fourth-order valence-electron chi connectivity index (χ4n) is 3.20. The van der Waals surface area contributed by atoms with Crippen LogP contribution in [0.25, 0.3) is 10.8 Å². The Labute approximate surface area is 171 Å². The average Bonchev–Trinajstić information content (AvgIpc) is 2.90. The van der Waals surface area contributed by atoms with E-state index < -0.39 is 35.1 Å². The number of sulfonamides is 1. The van der Waals surface area contributed by atoms with Gasteiger partial charge in [0.25, 0.3) is 15.9 Å². The molecule has 1 aliphatic rings. The quantitative estimate of drug-likeness (QED) is 0.627. The summed E-state index contributed by atoms with van der Waals surface area (Å²) in [5.74, 6) is -1.39. The number of rotatable bonds is 5. The predicted octanol–water partition coefficient (Wildman–Crippen LogP) is 3.18. The molecule has 0 saturated carbocycles. The summed E-state index contributed by atoms with van der Waals surface area (Å²) in [6.07, 6.45) is 0. The van der Waals surface area contributed by atoms with Gasteiger partial charge in [0, 0.05) is 16.1 Å². The van der Waals surface area contributed by atoms with Gasteiger partial charge in [0.15, 0.2) is 6.61 Å². The number of benzene rings is 3. The second-order valence-electron chi connectivity index (χ2n) is 6.36. The molecule has 1 amide bonds. The fraction of sp³-hybridized carbons (Fsp3) is 0.100. The molecule has 0 saturated heterocycles. The largest absolute Gasteiger partial charge is 0.454 e. The molecule has 3 aromatic carbocycles. The molecule has 29 heavy (non-hydrogen) atoms. The van der Waals surface area contributed by atoms with Crippen molar-refractivity contribution in [1.82, 2.24) is 0 Å². The summed E-state index contributed by atoms with van der Waals surface area (Å²) < 4.78 is 31.6. The summed E-state index contributed by atoms with van der Waals surface area (Å²) in [5.41, 5.74) is 0.876. The van der Waals surface area contributed by atoms with Gasteiger partial charge in [-0.15, -0.1) is 0 Å². The summed E-state index contributed by atoms with van der Waals surface area (Å²) in [7, 11) is -3.87. The molecule has 148 valence electrons. The van der Waals surface area contributed by atoms with Gasteiger partial charge in [-0.2, -0.15) is 0 Å². The van der Waals surface area contributed by atoms with Gasteiger partial charge in [-0.3, -0.25) is 13.9 Å². The number of esters is 1. The number of halogens is 1. The number of hydrogen-bond donors (Lipinski definition) is 1. The van der Waals surface area contributed by atoms with E-state index in [0.29, 0.717) is 21.8 Å². The first-order valence-electron chi connectivity index (χ1n) is 8.62. The van der Waals surface area contributed by atoms with E-state index in [4.69, 9.17) is 16.3 Å². The van der Waals surface area contributed by atoms with E-state index in [2.05, 4.69) is 5.32 Å². The zero-order valence-electron chi connectivity index (χ0n) is 15.0. The maximum absolute atomic E-state index is 12.8. The summed E-state index contributed by atoms with van der Waals surface area (Å²) in [5, 5.41) is 4.33. The molecule has 0 atom stereocenters. The SMILES string of the molecule is O=C(COC(=O)CN1c2cccc3cccc(c23)S1(=O)=O)Nc1cccc(Cl)c1. The van der Waals surface area contributed by atoms with Crippen molar-refractivity contribution in [3.63, 3.8) is 0 Å². The van der Waals surface area contributed by atoms with Crippen LogP contribution in [0.1, 0.15) is 0 Å². The lowest BCUT2D eigenvalue weighted by molar-refractivity contribution is -0.145. The Hall–Kier alpha value is -3.10. The van der Waals surface area contributed by atoms with Gasteiger partial charge in [0.1, 0.15) is 6.54 Å². The highest BCUT2D eigenvalue weighted by Crippen LogP contribution is 2.41. The van der Waals surface area contributed by atoms with E-state index in [1.54, 1.807) is 54.6 Å². The third kappa shape index (κ3) is 3.64. The molecule has 0 spiro atoms. The minimum absolute atomic E-state index is 0.150. The maximum Gasteiger partial charge on any atom is 0.327 e. The molecular weight excluding hydrogens is 416 g/mol. The molecule has 1 N–H and O–H groups in total. The normalized spacial score (nSPS) is 14.0. The van der Waals surface area contributed by atoms with Crippen LogP contribution in [-0.2, 0) is 24.3 Å². The van der Waals surface area contributed by atoms with Crippen molar-refractivity contribution in [3.05, 3.63) is 65.7 Å². The number of carbonyl (C=O) groups excluding carboxylic acids is 2. The second-order valence-corrected chi connectivity index (χ2v) is 8.63. The van der Waals surface area contributed by atoms with Gasteiger partial charge in [0.05, 0.1) is 10.6 Å². The van der Waals surface area contributed by atoms with E-state index in [1.165, 1.54) is 6.07 Å². The number of carbonyl (C=O) groups is 2. The van der Waals surface area contributed by atoms with E-state index in [1.807, 2.05) is 0 Å². The summed E-state index contributed by atoms with van der Waals surface area (Å²) in [6.45, 7) is -1.07. The summed E-state index contributed by atoms with van der Waals surface area (Å²) >= 11 is 5.85. The van der Waals surface area contributed by atoms with Crippen LogP contribution in [0.3, 0.4) is 0 Å². The Kier molecular flexibility index (Phi) is 4.89. The van der Waals surface area contributed by atoms with Crippen molar-refractivity contribution in [2.24, 2.45) is 0 Å². The van der Waals surface area contributed by atoms with Crippen LogP contribution in [0.2, 0.25) is 5.02 Å². The Morgan fingerprint density at radius 2 is 1.76 bits per heavy atom. The smallest absolute Gasteiger partial charge is 0.327 e. The number of hydrogen-bond acceptors (Lipinski definition) is 5. The molecule has 4 rings (SSSR count). The van der Waals surface area contributed by atoms with Crippen LogP contribution in [0.5, 0.6) is 0 Å². The zero-order chi connectivity index (χ0) is 20.6. The minimum Gasteiger partial charge on any atom is -0.454 e. The maximum atomic E-state index is 12.8. The van der Waals surface area contributed by atoms with Crippen LogP contribution in [0.15, 0.2) is 65.6 Å². The lowest BCUT2D eigenvalue weighted by Crippen LogP contribution is -2.34. The third-order valence-electron chi connectivity index (χ3n) is 4.43. The molecule has 7 nitrogen and oxygen atoms in total. The van der Waals surface area contributed by atoms with Gasteiger partial charge in [-0.1, -0.05) is 41.9 Å². The van der Waals surface area contributed by atoms with E-state index in [-0.39, 0.29) is 4.90 Å². The molecule has 1 heterocycles. The van der Waals surface area contributed by atoms with Crippen LogP contribution in [-0.4, -0.2) is 33.4 Å². The first kappa shape index (κ1) is 19.2. The molecule has 0 radical (unpaired) electrons. The van der Waals surface area contributed by atoms with Crippen LogP contribution in [0, 0.1) is 0 Å². The first-order chi connectivity index (χ1) is 13.9. The highest BCUT2D eigenvalue weighted by Gasteiger charge is 2.37. The molecule has 0 unspecified atom stereocenters. The van der Waals surface area contributed by atoms with E-state index >= 15 is 0 Å². The molecule has 0 aromatic heterocycles. The Morgan fingerprint density at radius 1 is 1.03 bits per heavy atom. The topological polar surface area (TPSA) is 92.8 Å². The van der Waals surface area contributed by atoms with Crippen LogP contribution in [0.4, 0.5) is 11.4 Å². The molecule has 1 aliphatic heterocycles. The van der Waals surface area contributed by atoms with Crippen molar-refractivity contribution in [3.8, 4) is 0 Å². The van der Waals surface area contributed by atoms with Gasteiger partial charge >= 0.3 is 5.97 Å². The number of anilines is 2. The number of amides is 1. The standard InChI is InChI=1S/C20H15ClN2O5S/c21-14-6-3-7-15(10-14)22-18(24)12-28-19(25)11-23-16-8-1-4-13-5-2-9-17(20(13)16)29(23,26)27/h1-10H,11-12H2,(H,22,24). The Morgan fingerprint density at radius 3 is 2.52 bits per heavy atom. The lowest BCUT2D eigenvalue weighted by atomic mass is 10.1. The van der Waals surface area contributed by atoms with Crippen LogP contribution < -0.4 is 9.62 Å². The Bertz CT molecular complexity index is 1240. The highest BCUT2D eigenvalue weighted by molar-refractivity contribution is 7.93. The van der Waals surface area contributed by atoms with Crippen LogP contribution >= 0.6 is 11.6 Å². The van der Waals surface area contributed by atoms with Crippen molar-refractivity contribution < 1.29 is 22.7 Å². The summed E-state index contributed by atoms with van der Waals surface area (Å²) in [6, 6.07) is 16.6. The molecular formula is C20H15ClN2O5S. The predicted molar refractivity (Wildman–Crippen MR) is 110 cm³/mol. The molecule has 0 bridgehead atoms. The average molecular weight is 431 g/mol. The number of nitrogens with zero attached hydrogens (tertiary/aromatic N) is 1. The molecule has 0 fully saturated rings. The van der Waals surface area contributed by atoms with Gasteiger partial charge in [-0.25, -0.2) is 8.42 Å². The molecule has 0 aliphatic carbocycles. The van der Waals surface area contributed by atoms with Gasteiger partial charge in [0.2, 0.25) is 0 Å². The Balaban J connectivity index is 1.44. The zero-order valence-corrected chi connectivity index (χ0v) is 16.5. The molecule has 9 heteroatoms. The fourth-order valence-corrected chi connectivity index (χ4v) is 5.05. The minimum atomic E-state index is -3.87. The second kappa shape index (κ2) is 7.38. The highest BCUT2D eigenvalue weighted by atomic mass is 35.5. The van der Waals surface area contributed by atoms with E-state index in [9.17, 15) is 18.0 Å². The van der Waals surface area contributed by atoms with Crippen molar-refractivity contribution in [2.75, 3.05) is 22.8 Å². The third-order valence-corrected chi connectivity index (χ3v) is 6.46. The van der Waals surface area contributed by atoms with Crippen molar-refractivity contribution in [2.45, 2.75) is 4.90 Å². The van der Waals surface area contributed by atoms with Crippen molar-refractivity contribution >= 4 is 55.6 Å². The monoisotopic (exact) mass is 430 g/mol. The first-order valence-corrected chi connectivity index (χ1v) is 10.4. The number of ether oxygens (including phenoxy) is 1. The van der Waals surface area contributed by atoms with Gasteiger partial charge in [-0.05, 0) is 35.7 Å². The van der Waals surface area contributed by atoms with Crippen molar-refractivity contribution in [1.29, 1.82) is 0 Å². The number of nitrogens with one attached hydrogen (secondary N) is 1. The lowest BCUT2D eigenvalue weighted by Gasteiger charge is -2.17. The molecule has 3 aromatic rings. The van der Waals surface area contributed by atoms with E-state index in [0.717, 1.165) is 9.69 Å². The van der Waals surface area contributed by atoms with Gasteiger partial charge < -0.3 is 10.1 Å².